The van der Waals surface area contributed by atoms with Crippen molar-refractivity contribution in [3.8, 4) is 6.07 Å². The Labute approximate surface area is 163 Å². The molecule has 4 rings (SSSR count). The third-order valence-corrected chi connectivity index (χ3v) is 6.12. The highest BCUT2D eigenvalue weighted by molar-refractivity contribution is 7.88. The van der Waals surface area contributed by atoms with Crippen LogP contribution in [0.25, 0.3) is 16.7 Å². The van der Waals surface area contributed by atoms with Crippen molar-refractivity contribution in [3.63, 3.8) is 0 Å². The SMILES string of the molecule is CN1C(=O)C(N=Nc2ccc3nnc4c(C#N)cnn4c3c2)C(=O)N(C)S1(=O)=O. The third-order valence-electron chi connectivity index (χ3n) is 4.37. The zero-order chi connectivity index (χ0) is 20.9. The van der Waals surface area contributed by atoms with Gasteiger partial charge in [0.2, 0.25) is 6.04 Å². The van der Waals surface area contributed by atoms with Crippen molar-refractivity contribution in [2.24, 2.45) is 10.2 Å². The molecule has 0 bridgehead atoms. The normalized spacial score (nSPS) is 17.6. The summed E-state index contributed by atoms with van der Waals surface area (Å²) in [6, 6.07) is 4.99. The topological polar surface area (TPSA) is 166 Å². The van der Waals surface area contributed by atoms with Gasteiger partial charge in [-0.15, -0.1) is 10.2 Å². The summed E-state index contributed by atoms with van der Waals surface area (Å²) >= 11 is 0. The van der Waals surface area contributed by atoms with Crippen molar-refractivity contribution < 1.29 is 18.0 Å². The molecule has 0 atom stereocenters. The molecule has 2 amide bonds. The number of rotatable bonds is 2. The summed E-state index contributed by atoms with van der Waals surface area (Å²) in [5, 5.41) is 28.8. The first-order chi connectivity index (χ1) is 13.8. The minimum absolute atomic E-state index is 0.247. The minimum Gasteiger partial charge on any atom is -0.271 e. The fraction of sp³-hybridized carbons (Fsp3) is 0.200. The van der Waals surface area contributed by atoms with E-state index >= 15 is 0 Å². The average molecular weight is 413 g/mol. The van der Waals surface area contributed by atoms with Gasteiger partial charge in [-0.05, 0) is 18.2 Å². The standard InChI is InChI=1S/C15H11N9O4S/c1-22-14(25)12(15(26)23(2)29(22,27)28)20-18-9-3-4-10-11(5-9)24-13(21-19-10)8(6-16)7-17-24/h3-5,7,12H,1-2H3. The van der Waals surface area contributed by atoms with Crippen LogP contribution in [0.4, 0.5) is 5.69 Å². The largest absolute Gasteiger partial charge is 0.330 e. The number of carbonyl (C=O) groups excluding carboxylic acids is 2. The Kier molecular flexibility index (Phi) is 3.98. The lowest BCUT2D eigenvalue weighted by Crippen LogP contribution is -2.58. The van der Waals surface area contributed by atoms with Gasteiger partial charge in [0, 0.05) is 14.1 Å². The Hall–Kier alpha value is -3.99. The van der Waals surface area contributed by atoms with E-state index in [1.807, 2.05) is 6.07 Å². The molecule has 0 saturated carbocycles. The number of nitrogens with zero attached hydrogens (tertiary/aromatic N) is 9. The number of nitriles is 1. The number of benzene rings is 1. The second-order valence-electron chi connectivity index (χ2n) is 6.02. The van der Waals surface area contributed by atoms with Crippen molar-refractivity contribution in [1.82, 2.24) is 28.4 Å². The van der Waals surface area contributed by atoms with Gasteiger partial charge in [0.25, 0.3) is 11.8 Å². The highest BCUT2D eigenvalue weighted by atomic mass is 32.2. The van der Waals surface area contributed by atoms with E-state index in [9.17, 15) is 18.0 Å². The highest BCUT2D eigenvalue weighted by Gasteiger charge is 2.46. The molecule has 0 aliphatic carbocycles. The predicted octanol–water partition coefficient (Wildman–Crippen LogP) is -0.223. The molecule has 0 unspecified atom stereocenters. The molecule has 3 heterocycles. The van der Waals surface area contributed by atoms with E-state index < -0.39 is 28.1 Å². The lowest BCUT2D eigenvalue weighted by molar-refractivity contribution is -0.139. The lowest BCUT2D eigenvalue weighted by Gasteiger charge is -2.31. The molecule has 1 aliphatic heterocycles. The van der Waals surface area contributed by atoms with Crippen molar-refractivity contribution >= 4 is 44.4 Å². The first-order valence-electron chi connectivity index (χ1n) is 8.01. The van der Waals surface area contributed by atoms with Gasteiger partial charge in [0.1, 0.15) is 17.1 Å². The molecule has 1 fully saturated rings. The number of carbonyl (C=O) groups is 2. The van der Waals surface area contributed by atoms with Crippen molar-refractivity contribution in [2.75, 3.05) is 14.1 Å². The number of hydrogen-bond acceptors (Lipinski definition) is 10. The van der Waals surface area contributed by atoms with Gasteiger partial charge in [-0.1, -0.05) is 0 Å². The number of azo groups is 1. The minimum atomic E-state index is -4.20. The van der Waals surface area contributed by atoms with Crippen molar-refractivity contribution in [3.05, 3.63) is 30.0 Å². The predicted molar refractivity (Wildman–Crippen MR) is 95.8 cm³/mol. The molecule has 1 aromatic carbocycles. The Morgan fingerprint density at radius 3 is 2.48 bits per heavy atom. The van der Waals surface area contributed by atoms with Crippen LogP contribution in [0.15, 0.2) is 34.6 Å². The molecule has 13 nitrogen and oxygen atoms in total. The molecule has 29 heavy (non-hydrogen) atoms. The quantitative estimate of drug-likeness (QED) is 0.410. The maximum Gasteiger partial charge on any atom is 0.330 e. The smallest absolute Gasteiger partial charge is 0.271 e. The van der Waals surface area contributed by atoms with E-state index in [1.165, 1.54) is 22.8 Å². The van der Waals surface area contributed by atoms with Gasteiger partial charge in [0.05, 0.1) is 17.4 Å². The molecule has 1 saturated heterocycles. The Bertz CT molecular complexity index is 1340. The van der Waals surface area contributed by atoms with Crippen molar-refractivity contribution in [2.45, 2.75) is 6.04 Å². The van der Waals surface area contributed by atoms with Crippen LogP contribution in [-0.4, -0.2) is 68.8 Å². The monoisotopic (exact) mass is 413 g/mol. The van der Waals surface area contributed by atoms with E-state index in [0.29, 0.717) is 19.6 Å². The van der Waals surface area contributed by atoms with Crippen LogP contribution >= 0.6 is 0 Å². The Balaban J connectivity index is 1.74. The first-order valence-corrected chi connectivity index (χ1v) is 9.41. The maximum atomic E-state index is 12.2. The molecule has 2 aromatic heterocycles. The second-order valence-corrected chi connectivity index (χ2v) is 8.01. The molecular formula is C15H11N9O4S. The molecule has 0 N–H and O–H groups in total. The van der Waals surface area contributed by atoms with Crippen LogP contribution in [-0.2, 0) is 19.8 Å². The van der Waals surface area contributed by atoms with Gasteiger partial charge in [-0.3, -0.25) is 9.59 Å². The summed E-state index contributed by atoms with van der Waals surface area (Å²) in [5.41, 5.74) is 1.72. The van der Waals surface area contributed by atoms with Gasteiger partial charge in [0.15, 0.2) is 5.65 Å². The highest BCUT2D eigenvalue weighted by Crippen LogP contribution is 2.23. The van der Waals surface area contributed by atoms with Crippen molar-refractivity contribution in [1.29, 1.82) is 5.26 Å². The maximum absolute atomic E-state index is 12.2. The van der Waals surface area contributed by atoms with Crippen LogP contribution in [0.1, 0.15) is 5.56 Å². The van der Waals surface area contributed by atoms with Crippen LogP contribution in [0.3, 0.4) is 0 Å². The number of likely N-dealkylation sites (N-methyl/N-ethyl adjacent to an activating group) is 2. The summed E-state index contributed by atoms with van der Waals surface area (Å²) < 4.78 is 26.2. The van der Waals surface area contributed by atoms with E-state index in [-0.39, 0.29) is 16.9 Å². The number of aromatic nitrogens is 4. The number of fused-ring (bicyclic) bond motifs is 3. The molecular weight excluding hydrogens is 402 g/mol. The zero-order valence-electron chi connectivity index (χ0n) is 15.0. The fourth-order valence-corrected chi connectivity index (χ4v) is 3.73. The molecule has 3 aromatic rings. The van der Waals surface area contributed by atoms with Gasteiger partial charge in [-0.2, -0.15) is 29.0 Å². The van der Waals surface area contributed by atoms with E-state index in [2.05, 4.69) is 25.5 Å². The molecule has 146 valence electrons. The zero-order valence-corrected chi connectivity index (χ0v) is 15.8. The summed E-state index contributed by atoms with van der Waals surface area (Å²) in [5.74, 6) is -2.01. The van der Waals surface area contributed by atoms with E-state index in [1.54, 1.807) is 6.07 Å². The van der Waals surface area contributed by atoms with Gasteiger partial charge in [-0.25, -0.2) is 13.1 Å². The summed E-state index contributed by atoms with van der Waals surface area (Å²) in [6.07, 6.45) is 1.35. The Morgan fingerprint density at radius 1 is 1.14 bits per heavy atom. The van der Waals surface area contributed by atoms with Gasteiger partial charge >= 0.3 is 10.2 Å². The summed E-state index contributed by atoms with van der Waals surface area (Å²) in [7, 11) is -2.11. The summed E-state index contributed by atoms with van der Waals surface area (Å²) in [6.45, 7) is 0. The van der Waals surface area contributed by atoms with Crippen LogP contribution < -0.4 is 0 Å². The third kappa shape index (κ3) is 2.67. The van der Waals surface area contributed by atoms with Gasteiger partial charge < -0.3 is 0 Å². The van der Waals surface area contributed by atoms with Crippen LogP contribution in [0.5, 0.6) is 0 Å². The second kappa shape index (κ2) is 6.27. The molecule has 1 aliphatic rings. The number of hydrogen-bond donors (Lipinski definition) is 0. The van der Waals surface area contributed by atoms with Crippen LogP contribution in [0, 0.1) is 11.3 Å². The molecule has 14 heteroatoms. The lowest BCUT2D eigenvalue weighted by atomic mass is 10.2. The molecule has 0 radical (unpaired) electrons. The van der Waals surface area contributed by atoms with Crippen LogP contribution in [0.2, 0.25) is 0 Å². The Morgan fingerprint density at radius 2 is 1.83 bits per heavy atom. The molecule has 0 spiro atoms. The summed E-state index contributed by atoms with van der Waals surface area (Å²) in [4.78, 5) is 24.4. The van der Waals surface area contributed by atoms with E-state index in [0.717, 1.165) is 14.1 Å². The first kappa shape index (κ1) is 18.4. The average Bonchev–Trinajstić information content (AvgIpc) is 3.15. The van der Waals surface area contributed by atoms with E-state index in [4.69, 9.17) is 5.26 Å². The number of amides is 2. The fourth-order valence-electron chi connectivity index (χ4n) is 2.71.